The van der Waals surface area contributed by atoms with Gasteiger partial charge in [0.05, 0.1) is 12.0 Å². The summed E-state index contributed by atoms with van der Waals surface area (Å²) in [6, 6.07) is 3.65. The van der Waals surface area contributed by atoms with E-state index in [0.717, 1.165) is 25.4 Å². The first-order valence-corrected chi connectivity index (χ1v) is 11.5. The first kappa shape index (κ1) is 16.9. The molecule has 0 amide bonds. The molecule has 2 aliphatic heterocycles. The van der Waals surface area contributed by atoms with Crippen LogP contribution in [0.15, 0.2) is 26.2 Å². The summed E-state index contributed by atoms with van der Waals surface area (Å²) in [6.07, 6.45) is 4.92. The Morgan fingerprint density at radius 1 is 1.27 bits per heavy atom. The SMILES string of the molecule is O=S(=O)(c1cccs1)N1CC(c2noc(C3CCCN3CC3CC3)n2)C1. The van der Waals surface area contributed by atoms with E-state index in [1.165, 1.54) is 34.9 Å². The Morgan fingerprint density at radius 2 is 2.12 bits per heavy atom. The molecule has 3 fully saturated rings. The molecule has 9 heteroatoms. The molecular weight excluding hydrogens is 372 g/mol. The van der Waals surface area contributed by atoms with E-state index in [2.05, 4.69) is 15.0 Å². The molecule has 26 heavy (non-hydrogen) atoms. The zero-order chi connectivity index (χ0) is 17.7. The average molecular weight is 395 g/mol. The van der Waals surface area contributed by atoms with Gasteiger partial charge in [-0.15, -0.1) is 11.3 Å². The van der Waals surface area contributed by atoms with Crippen molar-refractivity contribution < 1.29 is 12.9 Å². The highest BCUT2D eigenvalue weighted by Crippen LogP contribution is 2.38. The summed E-state index contributed by atoms with van der Waals surface area (Å²) in [7, 11) is -3.37. The van der Waals surface area contributed by atoms with Crippen molar-refractivity contribution in [2.24, 2.45) is 5.92 Å². The number of likely N-dealkylation sites (tertiary alicyclic amines) is 1. The van der Waals surface area contributed by atoms with E-state index in [1.807, 2.05) is 0 Å². The summed E-state index contributed by atoms with van der Waals surface area (Å²) in [5.74, 6) is 2.23. The van der Waals surface area contributed by atoms with E-state index >= 15 is 0 Å². The first-order chi connectivity index (χ1) is 12.6. The van der Waals surface area contributed by atoms with Crippen LogP contribution in [-0.4, -0.2) is 53.9 Å². The Hall–Kier alpha value is -1.29. The molecule has 2 saturated heterocycles. The van der Waals surface area contributed by atoms with Crippen LogP contribution >= 0.6 is 11.3 Å². The molecule has 1 aliphatic carbocycles. The highest BCUT2D eigenvalue weighted by molar-refractivity contribution is 7.91. The molecule has 1 atom stereocenters. The van der Waals surface area contributed by atoms with Gasteiger partial charge in [-0.2, -0.15) is 9.29 Å². The molecule has 2 aromatic rings. The summed E-state index contributed by atoms with van der Waals surface area (Å²) in [4.78, 5) is 7.11. The van der Waals surface area contributed by atoms with Gasteiger partial charge in [-0.25, -0.2) is 8.42 Å². The molecule has 2 aromatic heterocycles. The van der Waals surface area contributed by atoms with Gasteiger partial charge >= 0.3 is 0 Å². The lowest BCUT2D eigenvalue weighted by Gasteiger charge is -2.35. The minimum Gasteiger partial charge on any atom is -0.338 e. The molecule has 140 valence electrons. The third-order valence-corrected chi connectivity index (χ3v) is 8.80. The smallest absolute Gasteiger partial charge is 0.252 e. The molecule has 0 bridgehead atoms. The van der Waals surface area contributed by atoms with E-state index in [9.17, 15) is 8.42 Å². The lowest BCUT2D eigenvalue weighted by Crippen LogP contribution is -2.48. The van der Waals surface area contributed by atoms with Gasteiger partial charge in [-0.1, -0.05) is 11.2 Å². The van der Waals surface area contributed by atoms with Crippen LogP contribution in [0.25, 0.3) is 0 Å². The highest BCUT2D eigenvalue weighted by Gasteiger charge is 2.41. The Bertz CT molecular complexity index is 870. The van der Waals surface area contributed by atoms with Crippen molar-refractivity contribution in [2.75, 3.05) is 26.2 Å². The van der Waals surface area contributed by atoms with E-state index in [0.29, 0.717) is 29.0 Å². The minimum atomic E-state index is -3.37. The van der Waals surface area contributed by atoms with Crippen LogP contribution in [-0.2, 0) is 10.0 Å². The van der Waals surface area contributed by atoms with Crippen molar-refractivity contribution in [3.63, 3.8) is 0 Å². The number of rotatable bonds is 6. The van der Waals surface area contributed by atoms with Crippen molar-refractivity contribution in [1.82, 2.24) is 19.3 Å². The van der Waals surface area contributed by atoms with Crippen LogP contribution in [0.2, 0.25) is 0 Å². The van der Waals surface area contributed by atoms with Gasteiger partial charge in [0.15, 0.2) is 5.82 Å². The van der Waals surface area contributed by atoms with E-state index < -0.39 is 10.0 Å². The minimum absolute atomic E-state index is 0.0283. The maximum Gasteiger partial charge on any atom is 0.252 e. The number of hydrogen-bond acceptors (Lipinski definition) is 7. The normalized spacial score (nSPS) is 25.6. The predicted molar refractivity (Wildman–Crippen MR) is 96.4 cm³/mol. The topological polar surface area (TPSA) is 79.5 Å². The summed E-state index contributed by atoms with van der Waals surface area (Å²) in [5, 5.41) is 5.94. The molecule has 3 aliphatic rings. The van der Waals surface area contributed by atoms with Gasteiger partial charge in [0.25, 0.3) is 10.0 Å². The number of hydrogen-bond donors (Lipinski definition) is 0. The second-order valence-corrected chi connectivity index (χ2v) is 10.7. The average Bonchev–Trinajstić information content (AvgIpc) is 3.01. The number of thiophene rings is 1. The summed E-state index contributed by atoms with van der Waals surface area (Å²) < 4.78 is 32.4. The zero-order valence-electron chi connectivity index (χ0n) is 14.5. The van der Waals surface area contributed by atoms with Gasteiger partial charge in [-0.05, 0) is 49.6 Å². The van der Waals surface area contributed by atoms with Crippen molar-refractivity contribution in [1.29, 1.82) is 0 Å². The molecule has 1 unspecified atom stereocenters. The van der Waals surface area contributed by atoms with Crippen LogP contribution in [0, 0.1) is 5.92 Å². The second-order valence-electron chi connectivity index (χ2n) is 7.54. The Morgan fingerprint density at radius 3 is 2.85 bits per heavy atom. The maximum absolute atomic E-state index is 12.5. The Balaban J connectivity index is 1.24. The fourth-order valence-electron chi connectivity index (χ4n) is 3.84. The van der Waals surface area contributed by atoms with E-state index in [4.69, 9.17) is 4.52 Å². The fourth-order valence-corrected chi connectivity index (χ4v) is 6.52. The quantitative estimate of drug-likeness (QED) is 0.749. The van der Waals surface area contributed by atoms with Crippen molar-refractivity contribution in [2.45, 2.75) is 41.9 Å². The van der Waals surface area contributed by atoms with Crippen molar-refractivity contribution in [3.05, 3.63) is 29.2 Å². The van der Waals surface area contributed by atoms with E-state index in [-0.39, 0.29) is 12.0 Å². The maximum atomic E-state index is 12.5. The highest BCUT2D eigenvalue weighted by atomic mass is 32.2. The Labute approximate surface area is 157 Å². The van der Waals surface area contributed by atoms with Gasteiger partial charge in [0.1, 0.15) is 4.21 Å². The number of nitrogens with zero attached hydrogens (tertiary/aromatic N) is 4. The standard InChI is InChI=1S/C17H22N4O3S2/c22-26(23,15-4-2-8-25-15)21-10-13(11-21)16-18-17(24-19-16)14-3-1-7-20(14)9-12-5-6-12/h2,4,8,12-14H,1,3,5-7,9-11H2. The zero-order valence-corrected chi connectivity index (χ0v) is 16.1. The summed E-state index contributed by atoms with van der Waals surface area (Å²) in [6.45, 7) is 3.10. The monoisotopic (exact) mass is 394 g/mol. The molecule has 4 heterocycles. The third kappa shape index (κ3) is 3.00. The van der Waals surface area contributed by atoms with Gasteiger partial charge < -0.3 is 4.52 Å². The van der Waals surface area contributed by atoms with Crippen LogP contribution in [0.5, 0.6) is 0 Å². The number of aromatic nitrogens is 2. The van der Waals surface area contributed by atoms with Crippen LogP contribution in [0.4, 0.5) is 0 Å². The summed E-state index contributed by atoms with van der Waals surface area (Å²) in [5.41, 5.74) is 0. The van der Waals surface area contributed by atoms with Crippen LogP contribution in [0.1, 0.15) is 49.4 Å². The summed E-state index contributed by atoms with van der Waals surface area (Å²) >= 11 is 1.25. The van der Waals surface area contributed by atoms with Gasteiger partial charge in [0.2, 0.25) is 5.89 Å². The lowest BCUT2D eigenvalue weighted by molar-refractivity contribution is 0.200. The van der Waals surface area contributed by atoms with Gasteiger partial charge in [0, 0.05) is 19.6 Å². The molecule has 0 aromatic carbocycles. The molecule has 0 radical (unpaired) electrons. The van der Waals surface area contributed by atoms with E-state index in [1.54, 1.807) is 17.5 Å². The largest absolute Gasteiger partial charge is 0.338 e. The molecule has 1 saturated carbocycles. The lowest BCUT2D eigenvalue weighted by atomic mass is 10.0. The molecule has 5 rings (SSSR count). The van der Waals surface area contributed by atoms with Crippen molar-refractivity contribution in [3.8, 4) is 0 Å². The van der Waals surface area contributed by atoms with Gasteiger partial charge in [-0.3, -0.25) is 4.90 Å². The first-order valence-electron chi connectivity index (χ1n) is 9.22. The Kier molecular flexibility index (Phi) is 4.15. The fraction of sp³-hybridized carbons (Fsp3) is 0.647. The number of sulfonamides is 1. The second kappa shape index (κ2) is 6.40. The van der Waals surface area contributed by atoms with Crippen LogP contribution in [0.3, 0.4) is 0 Å². The molecule has 0 N–H and O–H groups in total. The van der Waals surface area contributed by atoms with Crippen LogP contribution < -0.4 is 0 Å². The molecule has 0 spiro atoms. The molecular formula is C17H22N4O3S2. The third-order valence-electron chi connectivity index (χ3n) is 5.60. The molecule has 7 nitrogen and oxygen atoms in total. The predicted octanol–water partition coefficient (Wildman–Crippen LogP) is 2.47. The van der Waals surface area contributed by atoms with Crippen molar-refractivity contribution >= 4 is 21.4 Å².